The summed E-state index contributed by atoms with van der Waals surface area (Å²) in [6, 6.07) is 0.672. The Balaban J connectivity index is 2.20. The van der Waals surface area contributed by atoms with Crippen molar-refractivity contribution in [1.29, 1.82) is 0 Å². The molecule has 2 saturated heterocycles. The monoisotopic (exact) mass is 268 g/mol. The van der Waals surface area contributed by atoms with Crippen LogP contribution in [0.15, 0.2) is 0 Å². The zero-order valence-corrected chi connectivity index (χ0v) is 13.1. The third-order valence-corrected chi connectivity index (χ3v) is 5.51. The lowest BCUT2D eigenvalue weighted by atomic mass is 9.77. The van der Waals surface area contributed by atoms with E-state index in [4.69, 9.17) is 10.5 Å². The van der Waals surface area contributed by atoms with E-state index in [1.807, 2.05) is 0 Å². The fourth-order valence-electron chi connectivity index (χ4n) is 4.07. The van der Waals surface area contributed by atoms with Crippen molar-refractivity contribution < 1.29 is 4.74 Å². The summed E-state index contributed by atoms with van der Waals surface area (Å²) in [4.78, 5) is 2.73. The van der Waals surface area contributed by atoms with Crippen molar-refractivity contribution in [1.82, 2.24) is 4.90 Å². The van der Waals surface area contributed by atoms with Gasteiger partial charge in [-0.3, -0.25) is 4.90 Å². The highest BCUT2D eigenvalue weighted by Crippen LogP contribution is 2.40. The van der Waals surface area contributed by atoms with E-state index in [2.05, 4.69) is 25.7 Å². The molecule has 112 valence electrons. The lowest BCUT2D eigenvalue weighted by Gasteiger charge is -2.53. The van der Waals surface area contributed by atoms with Gasteiger partial charge in [0.25, 0.3) is 0 Å². The van der Waals surface area contributed by atoms with E-state index >= 15 is 0 Å². The second-order valence-electron chi connectivity index (χ2n) is 6.90. The summed E-state index contributed by atoms with van der Waals surface area (Å²) in [5, 5.41) is 0. The molecule has 3 nitrogen and oxygen atoms in total. The van der Waals surface area contributed by atoms with E-state index < -0.39 is 0 Å². The maximum atomic E-state index is 6.26. The van der Waals surface area contributed by atoms with E-state index in [9.17, 15) is 0 Å². The van der Waals surface area contributed by atoms with Gasteiger partial charge in [-0.15, -0.1) is 0 Å². The van der Waals surface area contributed by atoms with Gasteiger partial charge in [0.1, 0.15) is 0 Å². The number of nitrogens with zero attached hydrogens (tertiary/aromatic N) is 1. The van der Waals surface area contributed by atoms with Crippen molar-refractivity contribution in [3.63, 3.8) is 0 Å². The average Bonchev–Trinajstić information content (AvgIpc) is 2.64. The molecule has 3 unspecified atom stereocenters. The molecular weight excluding hydrogens is 236 g/mol. The van der Waals surface area contributed by atoms with Gasteiger partial charge in [-0.25, -0.2) is 0 Å². The van der Waals surface area contributed by atoms with Crippen molar-refractivity contribution in [2.24, 2.45) is 5.73 Å². The molecule has 0 spiro atoms. The van der Waals surface area contributed by atoms with Gasteiger partial charge in [0.05, 0.1) is 5.60 Å². The molecule has 19 heavy (non-hydrogen) atoms. The zero-order chi connectivity index (χ0) is 13.9. The average molecular weight is 268 g/mol. The Morgan fingerprint density at radius 2 is 2.11 bits per heavy atom. The lowest BCUT2D eigenvalue weighted by Crippen LogP contribution is -2.63. The van der Waals surface area contributed by atoms with Crippen molar-refractivity contribution in [3.05, 3.63) is 0 Å². The first-order valence-electron chi connectivity index (χ1n) is 8.16. The smallest absolute Gasteiger partial charge is 0.0670 e. The maximum Gasteiger partial charge on any atom is 0.0670 e. The van der Waals surface area contributed by atoms with Crippen LogP contribution in [0.3, 0.4) is 0 Å². The first kappa shape index (κ1) is 15.3. The summed E-state index contributed by atoms with van der Waals surface area (Å²) < 4.78 is 6.05. The predicted molar refractivity (Wildman–Crippen MR) is 80.3 cm³/mol. The molecule has 0 radical (unpaired) electrons. The number of rotatable bonds is 3. The van der Waals surface area contributed by atoms with Crippen LogP contribution < -0.4 is 5.73 Å². The summed E-state index contributed by atoms with van der Waals surface area (Å²) in [7, 11) is 0. The van der Waals surface area contributed by atoms with Gasteiger partial charge in [0.2, 0.25) is 0 Å². The Morgan fingerprint density at radius 1 is 1.32 bits per heavy atom. The molecular formula is C16H32N2O. The maximum absolute atomic E-state index is 6.26. The molecule has 0 aromatic carbocycles. The van der Waals surface area contributed by atoms with Crippen molar-refractivity contribution in [3.8, 4) is 0 Å². The van der Waals surface area contributed by atoms with Gasteiger partial charge >= 0.3 is 0 Å². The Bertz CT molecular complexity index is 296. The minimum absolute atomic E-state index is 0.0175. The fourth-order valence-corrected chi connectivity index (χ4v) is 4.07. The van der Waals surface area contributed by atoms with Gasteiger partial charge in [-0.1, -0.05) is 19.8 Å². The van der Waals surface area contributed by atoms with Crippen molar-refractivity contribution >= 4 is 0 Å². The SMILES string of the molecule is CCC1(C)CC(CN)(N2CCCCCC2C)CCO1. The normalized spacial score (nSPS) is 42.0. The molecule has 0 aromatic heterocycles. The van der Waals surface area contributed by atoms with E-state index in [-0.39, 0.29) is 11.1 Å². The Morgan fingerprint density at radius 3 is 2.79 bits per heavy atom. The summed E-state index contributed by atoms with van der Waals surface area (Å²) in [5.41, 5.74) is 6.45. The van der Waals surface area contributed by atoms with Crippen LogP contribution in [-0.4, -0.2) is 41.8 Å². The third kappa shape index (κ3) is 3.14. The van der Waals surface area contributed by atoms with E-state index in [0.717, 1.165) is 32.4 Å². The molecule has 2 aliphatic rings. The molecule has 0 saturated carbocycles. The highest BCUT2D eigenvalue weighted by Gasteiger charge is 2.46. The minimum Gasteiger partial charge on any atom is -0.375 e. The van der Waals surface area contributed by atoms with Crippen LogP contribution in [0.4, 0.5) is 0 Å². The second kappa shape index (κ2) is 6.11. The first-order chi connectivity index (χ1) is 9.05. The summed E-state index contributed by atoms with van der Waals surface area (Å²) in [5.74, 6) is 0. The number of ether oxygens (including phenoxy) is 1. The largest absolute Gasteiger partial charge is 0.375 e. The van der Waals surface area contributed by atoms with Gasteiger partial charge in [-0.05, 0) is 52.5 Å². The van der Waals surface area contributed by atoms with Gasteiger partial charge in [0, 0.05) is 24.7 Å². The van der Waals surface area contributed by atoms with E-state index in [1.165, 1.54) is 32.2 Å². The zero-order valence-electron chi connectivity index (χ0n) is 13.1. The molecule has 2 aliphatic heterocycles. The number of likely N-dealkylation sites (tertiary alicyclic amines) is 1. The second-order valence-corrected chi connectivity index (χ2v) is 6.90. The van der Waals surface area contributed by atoms with Crippen molar-refractivity contribution in [2.75, 3.05) is 19.7 Å². The number of hydrogen-bond acceptors (Lipinski definition) is 3. The third-order valence-electron chi connectivity index (χ3n) is 5.51. The molecule has 3 atom stereocenters. The predicted octanol–water partition coefficient (Wildman–Crippen LogP) is 2.93. The molecule has 0 bridgehead atoms. The molecule has 3 heteroatoms. The van der Waals surface area contributed by atoms with Crippen LogP contribution in [0.25, 0.3) is 0 Å². The van der Waals surface area contributed by atoms with Crippen LogP contribution in [0.1, 0.15) is 65.7 Å². The Labute approximate surface area is 118 Å². The lowest BCUT2D eigenvalue weighted by molar-refractivity contribution is -0.135. The van der Waals surface area contributed by atoms with Gasteiger partial charge < -0.3 is 10.5 Å². The van der Waals surface area contributed by atoms with E-state index in [1.54, 1.807) is 0 Å². The molecule has 0 aliphatic carbocycles. The molecule has 2 fully saturated rings. The van der Waals surface area contributed by atoms with E-state index in [0.29, 0.717) is 6.04 Å². The van der Waals surface area contributed by atoms with Crippen LogP contribution in [0.2, 0.25) is 0 Å². The summed E-state index contributed by atoms with van der Waals surface area (Å²) in [6.45, 7) is 9.75. The molecule has 2 N–H and O–H groups in total. The van der Waals surface area contributed by atoms with Gasteiger partial charge in [0.15, 0.2) is 0 Å². The molecule has 2 heterocycles. The highest BCUT2D eigenvalue weighted by molar-refractivity contribution is 5.02. The number of hydrogen-bond donors (Lipinski definition) is 1. The molecule has 0 aromatic rings. The molecule has 0 amide bonds. The number of nitrogens with two attached hydrogens (primary N) is 1. The summed E-state index contributed by atoms with van der Waals surface area (Å²) in [6.07, 6.45) is 8.68. The quantitative estimate of drug-likeness (QED) is 0.855. The topological polar surface area (TPSA) is 38.5 Å². The van der Waals surface area contributed by atoms with Crippen LogP contribution in [-0.2, 0) is 4.74 Å². The van der Waals surface area contributed by atoms with Gasteiger partial charge in [-0.2, -0.15) is 0 Å². The standard InChI is InChI=1S/C16H32N2O/c1-4-15(3)12-16(13-17,9-11-19-15)18-10-7-5-6-8-14(18)2/h14H,4-13,17H2,1-3H3. The molecule has 2 rings (SSSR count). The summed E-state index contributed by atoms with van der Waals surface area (Å²) >= 11 is 0. The van der Waals surface area contributed by atoms with Crippen LogP contribution >= 0.6 is 0 Å². The Hall–Kier alpha value is -0.120. The Kier molecular flexibility index (Phi) is 4.91. The van der Waals surface area contributed by atoms with Crippen LogP contribution in [0, 0.1) is 0 Å². The minimum atomic E-state index is 0.0175. The fraction of sp³-hybridized carbons (Fsp3) is 1.00. The highest BCUT2D eigenvalue weighted by atomic mass is 16.5. The first-order valence-corrected chi connectivity index (χ1v) is 8.16. The van der Waals surface area contributed by atoms with Crippen LogP contribution in [0.5, 0.6) is 0 Å². The van der Waals surface area contributed by atoms with Crippen molar-refractivity contribution in [2.45, 2.75) is 82.9 Å².